The number of hydrogen-bond acceptors (Lipinski definition) is 3. The van der Waals surface area contributed by atoms with Crippen LogP contribution in [0.5, 0.6) is 0 Å². The molecular formula is C20H18Cl2FN3O. The van der Waals surface area contributed by atoms with E-state index in [2.05, 4.69) is 10.6 Å². The van der Waals surface area contributed by atoms with Crippen LogP contribution in [0.4, 0.5) is 10.1 Å². The van der Waals surface area contributed by atoms with Gasteiger partial charge in [0, 0.05) is 30.2 Å². The fraction of sp³-hybridized carbons (Fsp3) is 0.300. The normalized spacial score (nSPS) is 26.2. The zero-order valence-electron chi connectivity index (χ0n) is 14.8. The molecule has 27 heavy (non-hydrogen) atoms. The topological polar surface area (TPSA) is 53.5 Å². The Balaban J connectivity index is 1.97. The minimum Gasteiger partial charge on any atom is -0.358 e. The van der Waals surface area contributed by atoms with E-state index >= 15 is 4.39 Å². The average molecular weight is 406 g/mol. The maximum atomic E-state index is 15.0. The number of halogens is 3. The van der Waals surface area contributed by atoms with Crippen LogP contribution >= 0.6 is 23.2 Å². The Labute approximate surface area is 166 Å². The SMILES string of the molecule is CNC(=O)C1NCC2(C(C)=Nc3cc(Cl)ccc32)C1c1cccc(Cl)c1F. The van der Waals surface area contributed by atoms with E-state index in [0.29, 0.717) is 17.1 Å². The maximum Gasteiger partial charge on any atom is 0.237 e. The van der Waals surface area contributed by atoms with Crippen molar-refractivity contribution in [3.8, 4) is 0 Å². The van der Waals surface area contributed by atoms with Crippen molar-refractivity contribution in [1.82, 2.24) is 10.6 Å². The molecule has 140 valence electrons. The summed E-state index contributed by atoms with van der Waals surface area (Å²) < 4.78 is 15.0. The Hall–Kier alpha value is -1.95. The molecule has 1 saturated heterocycles. The van der Waals surface area contributed by atoms with E-state index in [-0.39, 0.29) is 10.9 Å². The van der Waals surface area contributed by atoms with Gasteiger partial charge in [-0.1, -0.05) is 41.4 Å². The lowest BCUT2D eigenvalue weighted by atomic mass is 9.65. The van der Waals surface area contributed by atoms with Gasteiger partial charge in [-0.15, -0.1) is 0 Å². The van der Waals surface area contributed by atoms with Crippen molar-refractivity contribution in [3.63, 3.8) is 0 Å². The molecule has 2 aliphatic heterocycles. The van der Waals surface area contributed by atoms with Gasteiger partial charge < -0.3 is 10.6 Å². The summed E-state index contributed by atoms with van der Waals surface area (Å²) in [5, 5.41) is 6.58. The first kappa shape index (κ1) is 18.4. The molecule has 2 N–H and O–H groups in total. The molecule has 2 aliphatic rings. The number of amides is 1. The lowest BCUT2D eigenvalue weighted by Gasteiger charge is -2.34. The number of rotatable bonds is 2. The highest BCUT2D eigenvalue weighted by molar-refractivity contribution is 6.31. The number of hydrogen-bond donors (Lipinski definition) is 2. The highest BCUT2D eigenvalue weighted by Crippen LogP contribution is 2.53. The maximum absolute atomic E-state index is 15.0. The fourth-order valence-electron chi connectivity index (χ4n) is 4.45. The molecule has 2 heterocycles. The second-order valence-electron chi connectivity index (χ2n) is 6.92. The molecule has 4 nitrogen and oxygen atoms in total. The lowest BCUT2D eigenvalue weighted by Crippen LogP contribution is -2.44. The molecule has 2 aromatic rings. The zero-order chi connectivity index (χ0) is 19.3. The third-order valence-corrected chi connectivity index (χ3v) is 6.21. The van der Waals surface area contributed by atoms with E-state index < -0.39 is 23.2 Å². The number of aliphatic imine (C=N–C) groups is 1. The highest BCUT2D eigenvalue weighted by Gasteiger charge is 2.57. The van der Waals surface area contributed by atoms with Crippen LogP contribution in [0.1, 0.15) is 24.0 Å². The molecule has 0 radical (unpaired) electrons. The summed E-state index contributed by atoms with van der Waals surface area (Å²) in [6.45, 7) is 2.38. The molecule has 2 aromatic carbocycles. The first-order valence-electron chi connectivity index (χ1n) is 8.65. The molecule has 0 aromatic heterocycles. The summed E-state index contributed by atoms with van der Waals surface area (Å²) in [5.74, 6) is -1.20. The van der Waals surface area contributed by atoms with E-state index in [1.807, 2.05) is 13.0 Å². The van der Waals surface area contributed by atoms with Gasteiger partial charge in [-0.25, -0.2) is 4.39 Å². The molecule has 3 atom stereocenters. The summed E-state index contributed by atoms with van der Waals surface area (Å²) in [7, 11) is 1.57. The smallest absolute Gasteiger partial charge is 0.237 e. The fourth-order valence-corrected chi connectivity index (χ4v) is 4.80. The highest BCUT2D eigenvalue weighted by atomic mass is 35.5. The Morgan fingerprint density at radius 3 is 2.85 bits per heavy atom. The monoisotopic (exact) mass is 405 g/mol. The van der Waals surface area contributed by atoms with Crippen molar-refractivity contribution < 1.29 is 9.18 Å². The van der Waals surface area contributed by atoms with Gasteiger partial charge in [0.1, 0.15) is 5.82 Å². The summed E-state index contributed by atoms with van der Waals surface area (Å²) in [4.78, 5) is 17.3. The van der Waals surface area contributed by atoms with Crippen LogP contribution in [0.2, 0.25) is 10.0 Å². The predicted molar refractivity (Wildman–Crippen MR) is 106 cm³/mol. The number of carbonyl (C=O) groups is 1. The molecule has 0 bridgehead atoms. The van der Waals surface area contributed by atoms with Crippen LogP contribution in [0.3, 0.4) is 0 Å². The molecule has 1 fully saturated rings. The number of nitrogens with one attached hydrogen (secondary N) is 2. The Morgan fingerprint density at radius 1 is 1.33 bits per heavy atom. The minimum absolute atomic E-state index is 0.0362. The Bertz CT molecular complexity index is 978. The third-order valence-electron chi connectivity index (χ3n) is 5.68. The van der Waals surface area contributed by atoms with Gasteiger partial charge in [0.2, 0.25) is 5.91 Å². The summed E-state index contributed by atoms with van der Waals surface area (Å²) >= 11 is 12.2. The summed E-state index contributed by atoms with van der Waals surface area (Å²) in [6.07, 6.45) is 0. The predicted octanol–water partition coefficient (Wildman–Crippen LogP) is 3.98. The van der Waals surface area contributed by atoms with Crippen LogP contribution in [0, 0.1) is 5.82 Å². The van der Waals surface area contributed by atoms with Crippen molar-refractivity contribution in [2.75, 3.05) is 13.6 Å². The largest absolute Gasteiger partial charge is 0.358 e. The van der Waals surface area contributed by atoms with Crippen LogP contribution in [0.25, 0.3) is 0 Å². The average Bonchev–Trinajstić information content (AvgIpc) is 3.16. The van der Waals surface area contributed by atoms with Crippen molar-refractivity contribution >= 4 is 40.5 Å². The molecule has 1 spiro atoms. The number of likely N-dealkylation sites (N-methyl/N-ethyl adjacent to an activating group) is 1. The second kappa shape index (κ2) is 6.59. The Kier molecular flexibility index (Phi) is 4.49. The Morgan fingerprint density at radius 2 is 2.11 bits per heavy atom. The van der Waals surface area contributed by atoms with Gasteiger partial charge in [-0.2, -0.15) is 0 Å². The number of fused-ring (bicyclic) bond motifs is 2. The minimum atomic E-state index is -0.650. The number of benzene rings is 2. The van der Waals surface area contributed by atoms with Gasteiger partial charge >= 0.3 is 0 Å². The van der Waals surface area contributed by atoms with Crippen molar-refractivity contribution in [3.05, 3.63) is 63.4 Å². The first-order valence-corrected chi connectivity index (χ1v) is 9.40. The van der Waals surface area contributed by atoms with E-state index in [1.165, 1.54) is 6.07 Å². The lowest BCUT2D eigenvalue weighted by molar-refractivity contribution is -0.122. The molecule has 0 saturated carbocycles. The van der Waals surface area contributed by atoms with Gasteiger partial charge in [0.15, 0.2) is 0 Å². The number of carbonyl (C=O) groups excluding carboxylic acids is 1. The molecule has 1 amide bonds. The molecule has 0 aliphatic carbocycles. The standard InChI is InChI=1S/C20H18Cl2FN3O/c1-10-20(13-7-6-11(21)8-15(13)26-10)9-25-18(19(27)24-2)16(20)12-4-3-5-14(22)17(12)23/h3-8,16,18,25H,9H2,1-2H3,(H,24,27). The molecule has 3 unspecified atom stereocenters. The molecule has 4 rings (SSSR count). The summed E-state index contributed by atoms with van der Waals surface area (Å²) in [6, 6.07) is 9.81. The molecular weight excluding hydrogens is 388 g/mol. The van der Waals surface area contributed by atoms with Gasteiger partial charge in [0.25, 0.3) is 0 Å². The van der Waals surface area contributed by atoms with E-state index in [1.54, 1.807) is 31.3 Å². The molecule has 7 heteroatoms. The number of nitrogens with zero attached hydrogens (tertiary/aromatic N) is 1. The second-order valence-corrected chi connectivity index (χ2v) is 7.77. The van der Waals surface area contributed by atoms with Crippen LogP contribution in [-0.2, 0) is 10.2 Å². The van der Waals surface area contributed by atoms with Crippen molar-refractivity contribution in [1.29, 1.82) is 0 Å². The quantitative estimate of drug-likeness (QED) is 0.793. The van der Waals surface area contributed by atoms with Crippen molar-refractivity contribution in [2.45, 2.75) is 24.3 Å². The van der Waals surface area contributed by atoms with E-state index in [4.69, 9.17) is 28.2 Å². The zero-order valence-corrected chi connectivity index (χ0v) is 16.3. The van der Waals surface area contributed by atoms with Crippen LogP contribution in [0.15, 0.2) is 41.4 Å². The van der Waals surface area contributed by atoms with Gasteiger partial charge in [-0.3, -0.25) is 9.79 Å². The van der Waals surface area contributed by atoms with Gasteiger partial charge in [0.05, 0.1) is 22.2 Å². The summed E-state index contributed by atoms with van der Waals surface area (Å²) in [5.41, 5.74) is 2.27. The van der Waals surface area contributed by atoms with Crippen LogP contribution < -0.4 is 10.6 Å². The van der Waals surface area contributed by atoms with E-state index in [0.717, 1.165) is 17.0 Å². The van der Waals surface area contributed by atoms with Crippen molar-refractivity contribution in [2.24, 2.45) is 4.99 Å². The first-order chi connectivity index (χ1) is 12.9. The van der Waals surface area contributed by atoms with Gasteiger partial charge in [-0.05, 0) is 36.2 Å². The van der Waals surface area contributed by atoms with Crippen LogP contribution in [-0.4, -0.2) is 31.3 Å². The van der Waals surface area contributed by atoms with E-state index in [9.17, 15) is 4.79 Å². The third kappa shape index (κ3) is 2.60.